The minimum absolute atomic E-state index is 0.0587. The van der Waals surface area contributed by atoms with Gasteiger partial charge in [-0.1, -0.05) is 30.1 Å². The highest BCUT2D eigenvalue weighted by Crippen LogP contribution is 2.40. The first-order valence-corrected chi connectivity index (χ1v) is 10.6. The van der Waals surface area contributed by atoms with Crippen molar-refractivity contribution in [2.45, 2.75) is 38.4 Å². The van der Waals surface area contributed by atoms with E-state index in [0.29, 0.717) is 0 Å². The number of amides is 1. The topological polar surface area (TPSA) is 114 Å². The van der Waals surface area contributed by atoms with Crippen LogP contribution in [-0.2, 0) is 11.0 Å². The van der Waals surface area contributed by atoms with E-state index >= 15 is 0 Å². The van der Waals surface area contributed by atoms with Gasteiger partial charge >= 0.3 is 12.1 Å². The molecule has 0 spiro atoms. The Balaban J connectivity index is 1.81. The van der Waals surface area contributed by atoms with Crippen molar-refractivity contribution in [2.24, 2.45) is 11.8 Å². The molecule has 0 saturated heterocycles. The third kappa shape index (κ3) is 5.30. The summed E-state index contributed by atoms with van der Waals surface area (Å²) in [5, 5.41) is 15.1. The Hall–Kier alpha value is -2.66. The van der Waals surface area contributed by atoms with Crippen molar-refractivity contribution in [3.63, 3.8) is 0 Å². The molecule has 2 N–H and O–H groups in total. The first-order valence-electron chi connectivity index (χ1n) is 9.89. The smallest absolute Gasteiger partial charge is 0.433 e. The zero-order valence-corrected chi connectivity index (χ0v) is 18.7. The number of hydrogen-bond donors (Lipinski definition) is 2. The van der Waals surface area contributed by atoms with Gasteiger partial charge in [0.2, 0.25) is 0 Å². The minimum Gasteiger partial charge on any atom is -0.481 e. The maximum Gasteiger partial charge on any atom is 0.433 e. The Morgan fingerprint density at radius 3 is 2.36 bits per heavy atom. The van der Waals surface area contributed by atoms with Crippen LogP contribution in [0.4, 0.5) is 13.2 Å². The third-order valence-corrected chi connectivity index (χ3v) is 6.23. The SMILES string of the molecule is CC1CC(n2ncc(C(=O)NCC(=O)c3c(Cl)cncc3Cl)c2C(F)(F)F)CCC1C(=O)O. The number of carbonyl (C=O) groups is 3. The van der Waals surface area contributed by atoms with Crippen molar-refractivity contribution in [3.05, 3.63) is 45.5 Å². The van der Waals surface area contributed by atoms with Crippen LogP contribution >= 0.6 is 23.2 Å². The van der Waals surface area contributed by atoms with Gasteiger partial charge in [0, 0.05) is 12.4 Å². The van der Waals surface area contributed by atoms with Crippen molar-refractivity contribution in [2.75, 3.05) is 6.54 Å². The molecule has 13 heteroatoms. The van der Waals surface area contributed by atoms with Crippen molar-refractivity contribution in [1.82, 2.24) is 20.1 Å². The van der Waals surface area contributed by atoms with E-state index in [1.807, 2.05) is 0 Å². The Bertz CT molecular complexity index is 1070. The first-order chi connectivity index (χ1) is 15.4. The standard InChI is InChI=1S/C20H19Cl2F3N4O4/c1-9-4-10(2-3-11(9)19(32)33)29-17(20(23,24)25)12(5-28-29)18(31)27-8-15(30)16-13(21)6-26-7-14(16)22/h5-7,9-11H,2-4,8H2,1H3,(H,27,31)(H,32,33). The third-order valence-electron chi connectivity index (χ3n) is 5.66. The average molecular weight is 507 g/mol. The van der Waals surface area contributed by atoms with Gasteiger partial charge < -0.3 is 10.4 Å². The number of rotatable bonds is 6. The number of ketones is 1. The maximum atomic E-state index is 13.9. The number of carbonyl (C=O) groups excluding carboxylic acids is 2. The number of Topliss-reactive ketones (excluding diaryl/α,β-unsaturated/α-hetero) is 1. The summed E-state index contributed by atoms with van der Waals surface area (Å²) < 4.78 is 42.4. The van der Waals surface area contributed by atoms with Gasteiger partial charge in [0.15, 0.2) is 11.5 Å². The molecule has 3 atom stereocenters. The van der Waals surface area contributed by atoms with Crippen molar-refractivity contribution in [3.8, 4) is 0 Å². The normalized spacial score (nSPS) is 21.0. The maximum absolute atomic E-state index is 13.9. The fourth-order valence-corrected chi connectivity index (χ4v) is 4.64. The number of nitrogens with zero attached hydrogens (tertiary/aromatic N) is 3. The van der Waals surface area contributed by atoms with E-state index in [4.69, 9.17) is 23.2 Å². The number of carboxylic acid groups (broad SMARTS) is 1. The lowest BCUT2D eigenvalue weighted by Gasteiger charge is -2.32. The molecule has 1 saturated carbocycles. The number of pyridine rings is 1. The number of aliphatic carboxylic acids is 1. The molecule has 1 fully saturated rings. The van der Waals surface area contributed by atoms with Gasteiger partial charge in [-0.25, -0.2) is 0 Å². The van der Waals surface area contributed by atoms with Crippen LogP contribution in [0.5, 0.6) is 0 Å². The Kier molecular flexibility index (Phi) is 7.32. The number of carboxylic acids is 1. The van der Waals surface area contributed by atoms with Crippen LogP contribution in [0, 0.1) is 11.8 Å². The van der Waals surface area contributed by atoms with Gasteiger partial charge in [0.05, 0.1) is 45.9 Å². The molecule has 0 aromatic carbocycles. The van der Waals surface area contributed by atoms with E-state index < -0.39 is 53.6 Å². The van der Waals surface area contributed by atoms with Gasteiger partial charge in [0.1, 0.15) is 0 Å². The lowest BCUT2D eigenvalue weighted by Crippen LogP contribution is -2.34. The molecule has 1 amide bonds. The average Bonchev–Trinajstić information content (AvgIpc) is 3.17. The summed E-state index contributed by atoms with van der Waals surface area (Å²) in [6.07, 6.45) is -1.23. The number of hydrogen-bond acceptors (Lipinski definition) is 5. The number of nitrogens with one attached hydrogen (secondary N) is 1. The van der Waals surface area contributed by atoms with E-state index in [1.165, 1.54) is 12.4 Å². The zero-order valence-electron chi connectivity index (χ0n) is 17.2. The largest absolute Gasteiger partial charge is 0.481 e. The summed E-state index contributed by atoms with van der Waals surface area (Å²) in [4.78, 5) is 39.9. The highest BCUT2D eigenvalue weighted by atomic mass is 35.5. The Morgan fingerprint density at radius 2 is 1.82 bits per heavy atom. The first kappa shape index (κ1) is 25.0. The van der Waals surface area contributed by atoms with Crippen molar-refractivity contribution >= 4 is 40.9 Å². The molecular formula is C20H19Cl2F3N4O4. The molecule has 0 aliphatic heterocycles. The molecule has 2 aromatic heterocycles. The fourth-order valence-electron chi connectivity index (χ4n) is 4.07. The van der Waals surface area contributed by atoms with E-state index in [2.05, 4.69) is 15.4 Å². The summed E-state index contributed by atoms with van der Waals surface area (Å²) in [5.41, 5.74) is -2.10. The summed E-state index contributed by atoms with van der Waals surface area (Å²) in [6.45, 7) is 1.02. The summed E-state index contributed by atoms with van der Waals surface area (Å²) >= 11 is 11.8. The molecule has 2 aromatic rings. The molecule has 0 radical (unpaired) electrons. The summed E-state index contributed by atoms with van der Waals surface area (Å²) in [5.74, 6) is -3.85. The van der Waals surface area contributed by atoms with Crippen LogP contribution in [-0.4, -0.2) is 44.1 Å². The van der Waals surface area contributed by atoms with Gasteiger partial charge in [-0.2, -0.15) is 18.3 Å². The molecule has 3 rings (SSSR count). The summed E-state index contributed by atoms with van der Waals surface area (Å²) in [7, 11) is 0. The van der Waals surface area contributed by atoms with Crippen LogP contribution in [0.25, 0.3) is 0 Å². The summed E-state index contributed by atoms with van der Waals surface area (Å²) in [6, 6.07) is -0.718. The fraction of sp³-hybridized carbons (Fsp3) is 0.450. The molecule has 1 aliphatic carbocycles. The highest BCUT2D eigenvalue weighted by molar-refractivity contribution is 6.39. The quantitative estimate of drug-likeness (QED) is 0.565. The zero-order chi connectivity index (χ0) is 24.5. The van der Waals surface area contributed by atoms with Gasteiger partial charge in [-0.05, 0) is 25.2 Å². The van der Waals surface area contributed by atoms with Crippen molar-refractivity contribution < 1.29 is 32.7 Å². The monoisotopic (exact) mass is 506 g/mol. The van der Waals surface area contributed by atoms with E-state index in [9.17, 15) is 32.7 Å². The predicted octanol–water partition coefficient (Wildman–Crippen LogP) is 4.28. The molecule has 3 unspecified atom stereocenters. The van der Waals surface area contributed by atoms with Gasteiger partial charge in [-0.15, -0.1) is 0 Å². The molecule has 33 heavy (non-hydrogen) atoms. The molecule has 1 aliphatic rings. The molecule has 0 bridgehead atoms. The van der Waals surface area contributed by atoms with Crippen LogP contribution < -0.4 is 5.32 Å². The van der Waals surface area contributed by atoms with Crippen LogP contribution in [0.1, 0.15) is 58.6 Å². The molecular weight excluding hydrogens is 488 g/mol. The number of alkyl halides is 3. The second-order valence-electron chi connectivity index (χ2n) is 7.82. The molecule has 8 nitrogen and oxygen atoms in total. The molecule has 178 valence electrons. The highest BCUT2D eigenvalue weighted by Gasteiger charge is 2.43. The number of aromatic nitrogens is 3. The number of halogens is 5. The van der Waals surface area contributed by atoms with Crippen LogP contribution in [0.2, 0.25) is 10.0 Å². The molecule has 2 heterocycles. The lowest BCUT2D eigenvalue weighted by molar-refractivity contribution is -0.148. The predicted molar refractivity (Wildman–Crippen MR) is 111 cm³/mol. The second-order valence-corrected chi connectivity index (χ2v) is 8.64. The van der Waals surface area contributed by atoms with Gasteiger partial charge in [-0.3, -0.25) is 24.0 Å². The van der Waals surface area contributed by atoms with Crippen LogP contribution in [0.3, 0.4) is 0 Å². The van der Waals surface area contributed by atoms with E-state index in [-0.39, 0.29) is 40.8 Å². The minimum atomic E-state index is -4.90. The van der Waals surface area contributed by atoms with Crippen LogP contribution in [0.15, 0.2) is 18.6 Å². The Labute approximate surface area is 196 Å². The van der Waals surface area contributed by atoms with E-state index in [0.717, 1.165) is 10.9 Å². The Morgan fingerprint density at radius 1 is 1.18 bits per heavy atom. The second kappa shape index (κ2) is 9.68. The van der Waals surface area contributed by atoms with Crippen molar-refractivity contribution in [1.29, 1.82) is 0 Å². The van der Waals surface area contributed by atoms with Gasteiger partial charge in [0.25, 0.3) is 5.91 Å². The van der Waals surface area contributed by atoms with E-state index in [1.54, 1.807) is 6.92 Å². The lowest BCUT2D eigenvalue weighted by atomic mass is 9.78.